The Bertz CT molecular complexity index is 912. The molecule has 1 aromatic carbocycles. The number of nitrogens with one attached hydrogen (secondary N) is 2. The van der Waals surface area contributed by atoms with Crippen molar-refractivity contribution in [3.63, 3.8) is 0 Å². The molecule has 4 amide bonds. The van der Waals surface area contributed by atoms with Gasteiger partial charge in [0, 0.05) is 31.5 Å². The fraction of sp³-hybridized carbons (Fsp3) is 0.500. The zero-order chi connectivity index (χ0) is 19.5. The van der Waals surface area contributed by atoms with Gasteiger partial charge in [-0.3, -0.25) is 29.4 Å². The fourth-order valence-corrected chi connectivity index (χ4v) is 5.05. The number of carbonyl (C=O) groups excluding carboxylic acids is 4. The van der Waals surface area contributed by atoms with Gasteiger partial charge in [0.05, 0.1) is 16.8 Å². The zero-order valence-corrected chi connectivity index (χ0v) is 16.7. The van der Waals surface area contributed by atoms with E-state index in [1.54, 1.807) is 12.1 Å². The maximum absolute atomic E-state index is 13.2. The molecule has 0 aliphatic carbocycles. The zero-order valence-electron chi connectivity index (χ0n) is 15.9. The average Bonchev–Trinajstić information content (AvgIpc) is 3.38. The van der Waals surface area contributed by atoms with Gasteiger partial charge in [-0.1, -0.05) is 6.07 Å². The highest BCUT2D eigenvalue weighted by molar-refractivity contribution is 6.25. The fourth-order valence-electron chi connectivity index (χ4n) is 5.05. The number of hydrogen-bond donors (Lipinski definition) is 2. The molecule has 5 rings (SSSR count). The molecule has 0 radical (unpaired) electrons. The molecule has 3 fully saturated rings. The number of piperidine rings is 1. The van der Waals surface area contributed by atoms with Crippen molar-refractivity contribution in [3.8, 4) is 0 Å². The van der Waals surface area contributed by atoms with Gasteiger partial charge >= 0.3 is 0 Å². The van der Waals surface area contributed by atoms with Gasteiger partial charge in [0.15, 0.2) is 0 Å². The van der Waals surface area contributed by atoms with Crippen LogP contribution in [0.4, 0.5) is 5.69 Å². The number of amides is 4. The summed E-state index contributed by atoms with van der Waals surface area (Å²) in [5.74, 6) is -1.83. The third kappa shape index (κ3) is 3.02. The van der Waals surface area contributed by atoms with Crippen molar-refractivity contribution >= 4 is 41.7 Å². The third-order valence-corrected chi connectivity index (χ3v) is 6.56. The van der Waals surface area contributed by atoms with Crippen molar-refractivity contribution in [1.29, 1.82) is 0 Å². The van der Waals surface area contributed by atoms with E-state index in [0.29, 0.717) is 11.1 Å². The summed E-state index contributed by atoms with van der Waals surface area (Å²) in [6, 6.07) is 4.40. The van der Waals surface area contributed by atoms with Crippen LogP contribution in [0.25, 0.3) is 0 Å². The first-order valence-electron chi connectivity index (χ1n) is 9.79. The highest BCUT2D eigenvalue weighted by Crippen LogP contribution is 2.41. The van der Waals surface area contributed by atoms with Gasteiger partial charge in [-0.15, -0.1) is 12.4 Å². The van der Waals surface area contributed by atoms with Crippen molar-refractivity contribution < 1.29 is 19.2 Å². The topological polar surface area (TPSA) is 98.8 Å². The van der Waals surface area contributed by atoms with E-state index in [-0.39, 0.29) is 36.6 Å². The average molecular weight is 419 g/mol. The van der Waals surface area contributed by atoms with E-state index >= 15 is 0 Å². The summed E-state index contributed by atoms with van der Waals surface area (Å²) >= 11 is 0. The maximum atomic E-state index is 13.2. The molecule has 8 nitrogen and oxygen atoms in total. The second kappa shape index (κ2) is 7.11. The predicted octanol–water partition coefficient (Wildman–Crippen LogP) is 0.699. The predicted molar refractivity (Wildman–Crippen MR) is 107 cm³/mol. The molecule has 2 unspecified atom stereocenters. The molecule has 9 heteroatoms. The molecule has 0 saturated carbocycles. The molecule has 29 heavy (non-hydrogen) atoms. The number of fused-ring (bicyclic) bond motifs is 1. The molecule has 154 valence electrons. The van der Waals surface area contributed by atoms with Crippen molar-refractivity contribution in [2.75, 3.05) is 31.1 Å². The van der Waals surface area contributed by atoms with E-state index < -0.39 is 23.8 Å². The van der Waals surface area contributed by atoms with Crippen LogP contribution in [-0.4, -0.2) is 60.7 Å². The minimum atomic E-state index is -0.929. The summed E-state index contributed by atoms with van der Waals surface area (Å²) < 4.78 is 0. The number of nitrogens with zero attached hydrogens (tertiary/aromatic N) is 2. The quantitative estimate of drug-likeness (QED) is 0.686. The molecule has 0 aromatic heterocycles. The number of imide groups is 2. The van der Waals surface area contributed by atoms with Crippen molar-refractivity contribution in [2.24, 2.45) is 5.41 Å². The molecule has 4 aliphatic heterocycles. The van der Waals surface area contributed by atoms with E-state index in [9.17, 15) is 19.2 Å². The molecular weight excluding hydrogens is 396 g/mol. The van der Waals surface area contributed by atoms with Gasteiger partial charge in [-0.25, -0.2) is 0 Å². The first-order valence-corrected chi connectivity index (χ1v) is 9.79. The normalized spacial score (nSPS) is 28.8. The molecule has 4 aliphatic rings. The van der Waals surface area contributed by atoms with Crippen LogP contribution in [0.1, 0.15) is 46.4 Å². The lowest BCUT2D eigenvalue weighted by Gasteiger charge is -2.28. The van der Waals surface area contributed by atoms with E-state index in [1.165, 1.54) is 0 Å². The van der Waals surface area contributed by atoms with Gasteiger partial charge in [0.2, 0.25) is 11.8 Å². The summed E-state index contributed by atoms with van der Waals surface area (Å²) in [5.41, 5.74) is 1.74. The molecule has 3 saturated heterocycles. The Balaban J connectivity index is 0.00000205. The summed E-state index contributed by atoms with van der Waals surface area (Å²) in [5, 5.41) is 5.66. The minimum absolute atomic E-state index is 0. The highest BCUT2D eigenvalue weighted by atomic mass is 35.5. The Morgan fingerprint density at radius 2 is 1.90 bits per heavy atom. The largest absolute Gasteiger partial charge is 0.370 e. The smallest absolute Gasteiger partial charge is 0.264 e. The Hall–Kier alpha value is -2.45. The summed E-state index contributed by atoms with van der Waals surface area (Å²) in [7, 11) is 0. The summed E-state index contributed by atoms with van der Waals surface area (Å²) in [6.07, 6.45) is 2.47. The first-order chi connectivity index (χ1) is 13.5. The Labute approximate surface area is 174 Å². The van der Waals surface area contributed by atoms with Gasteiger partial charge in [-0.05, 0) is 37.9 Å². The molecule has 2 N–H and O–H groups in total. The Morgan fingerprint density at radius 3 is 2.62 bits per heavy atom. The highest BCUT2D eigenvalue weighted by Gasteiger charge is 2.47. The van der Waals surface area contributed by atoms with Crippen molar-refractivity contribution in [2.45, 2.75) is 31.7 Å². The van der Waals surface area contributed by atoms with Crippen LogP contribution in [0.15, 0.2) is 18.2 Å². The van der Waals surface area contributed by atoms with Crippen molar-refractivity contribution in [3.05, 3.63) is 29.3 Å². The lowest BCUT2D eigenvalue weighted by atomic mass is 9.86. The van der Waals surface area contributed by atoms with E-state index in [4.69, 9.17) is 0 Å². The number of halogens is 1. The van der Waals surface area contributed by atoms with Crippen LogP contribution in [-0.2, 0) is 9.59 Å². The molecule has 2 atom stereocenters. The minimum Gasteiger partial charge on any atom is -0.370 e. The molecular formula is C20H23ClN4O4. The van der Waals surface area contributed by atoms with Crippen LogP contribution in [0.2, 0.25) is 0 Å². The molecule has 1 spiro atoms. The lowest BCUT2D eigenvalue weighted by Crippen LogP contribution is -2.54. The van der Waals surface area contributed by atoms with Gasteiger partial charge in [-0.2, -0.15) is 0 Å². The third-order valence-electron chi connectivity index (χ3n) is 6.56. The van der Waals surface area contributed by atoms with Gasteiger partial charge in [0.1, 0.15) is 6.04 Å². The second-order valence-corrected chi connectivity index (χ2v) is 8.25. The van der Waals surface area contributed by atoms with Crippen LogP contribution < -0.4 is 15.5 Å². The van der Waals surface area contributed by atoms with Crippen LogP contribution in [0.5, 0.6) is 0 Å². The number of carbonyl (C=O) groups is 4. The monoisotopic (exact) mass is 418 g/mol. The second-order valence-electron chi connectivity index (χ2n) is 8.25. The summed E-state index contributed by atoms with van der Waals surface area (Å²) in [6.45, 7) is 3.70. The Kier molecular flexibility index (Phi) is 4.86. The van der Waals surface area contributed by atoms with Crippen LogP contribution >= 0.6 is 12.4 Å². The van der Waals surface area contributed by atoms with Gasteiger partial charge < -0.3 is 10.2 Å². The van der Waals surface area contributed by atoms with Crippen molar-refractivity contribution in [1.82, 2.24) is 15.5 Å². The lowest BCUT2D eigenvalue weighted by molar-refractivity contribution is -0.136. The SMILES string of the molecule is Cl.O=C1CCC(N2C(=O)c3cccc(N4CCC5(CCNC5)C4)c3C2=O)C(=O)N1. The van der Waals surface area contributed by atoms with Gasteiger partial charge in [0.25, 0.3) is 11.8 Å². The van der Waals surface area contributed by atoms with Crippen LogP contribution in [0, 0.1) is 5.41 Å². The number of hydrogen-bond acceptors (Lipinski definition) is 6. The van der Waals surface area contributed by atoms with E-state index in [0.717, 1.165) is 49.6 Å². The first kappa shape index (κ1) is 19.8. The Morgan fingerprint density at radius 1 is 1.07 bits per heavy atom. The molecule has 1 aromatic rings. The number of anilines is 1. The number of benzene rings is 1. The summed E-state index contributed by atoms with van der Waals surface area (Å²) in [4.78, 5) is 53.1. The van der Waals surface area contributed by atoms with Crippen LogP contribution in [0.3, 0.4) is 0 Å². The maximum Gasteiger partial charge on any atom is 0.264 e. The molecule has 0 bridgehead atoms. The number of rotatable bonds is 2. The van der Waals surface area contributed by atoms with E-state index in [2.05, 4.69) is 15.5 Å². The molecule has 4 heterocycles. The standard InChI is InChI=1S/C20H22N4O4.ClH/c25-15-5-4-14(17(26)22-15)24-18(27)12-2-1-3-13(16(12)19(24)28)23-9-7-20(11-23)6-8-21-10-20;/h1-3,14,21H,4-11H2,(H,22,25,26);1H. The van der Waals surface area contributed by atoms with E-state index in [1.807, 2.05) is 6.07 Å².